The molecule has 0 saturated heterocycles. The van der Waals surface area contributed by atoms with Crippen LogP contribution < -0.4 is 0 Å². The van der Waals surface area contributed by atoms with Crippen LogP contribution in [0.25, 0.3) is 0 Å². The highest BCUT2D eigenvalue weighted by Crippen LogP contribution is 2.28. The van der Waals surface area contributed by atoms with Gasteiger partial charge in [0.1, 0.15) is 7.00 Å². The van der Waals surface area contributed by atoms with Crippen molar-refractivity contribution in [2.45, 2.75) is 38.6 Å². The first-order valence-corrected chi connectivity index (χ1v) is 4.93. The third-order valence-corrected chi connectivity index (χ3v) is 3.12. The first-order valence-electron chi connectivity index (χ1n) is 3.65. The fourth-order valence-electron chi connectivity index (χ4n) is 0.510. The quantitative estimate of drug-likeness (QED) is 0.410. The molecule has 1 unspecified atom stereocenters. The van der Waals surface area contributed by atoms with Crippen molar-refractivity contribution in [3.63, 3.8) is 0 Å². The summed E-state index contributed by atoms with van der Waals surface area (Å²) in [7, 11) is 3.45. The van der Waals surface area contributed by atoms with Crippen LogP contribution in [0.4, 0.5) is 0 Å². The van der Waals surface area contributed by atoms with E-state index in [9.17, 15) is 0 Å². The van der Waals surface area contributed by atoms with Gasteiger partial charge in [-0.1, -0.05) is 32.9 Å². The van der Waals surface area contributed by atoms with Crippen LogP contribution in [0.1, 0.15) is 27.7 Å². The summed E-state index contributed by atoms with van der Waals surface area (Å²) in [5, 5.41) is 0.544. The van der Waals surface area contributed by atoms with E-state index < -0.39 is 0 Å². The Hall–Kier alpha value is 0.560. The molecule has 0 aliphatic rings. The van der Waals surface area contributed by atoms with Gasteiger partial charge in [0.15, 0.2) is 0 Å². The van der Waals surface area contributed by atoms with Crippen LogP contribution in [0.3, 0.4) is 0 Å². The van der Waals surface area contributed by atoms with Crippen molar-refractivity contribution in [2.75, 3.05) is 0 Å². The predicted octanol–water partition coefficient (Wildman–Crippen LogP) is 1.21. The molecule has 0 aromatic heterocycles. The first kappa shape index (κ1) is 9.56. The molecule has 0 spiro atoms. The van der Waals surface area contributed by atoms with Gasteiger partial charge in [-0.05, 0) is 5.66 Å². The van der Waals surface area contributed by atoms with E-state index in [4.69, 9.17) is 0 Å². The summed E-state index contributed by atoms with van der Waals surface area (Å²) in [6.45, 7) is 10.6. The largest absolute Gasteiger partial charge is 0.157 e. The van der Waals surface area contributed by atoms with Crippen molar-refractivity contribution in [3.8, 4) is 0 Å². The van der Waals surface area contributed by atoms with E-state index in [-0.39, 0.29) is 0 Å². The van der Waals surface area contributed by atoms with E-state index >= 15 is 0 Å². The Morgan fingerprint density at radius 3 is 2.00 bits per heavy atom. The Morgan fingerprint density at radius 2 is 1.89 bits per heavy atom. The monoisotopic (exact) mass is 142 g/mol. The smallest absolute Gasteiger partial charge is 0.146 e. The zero-order valence-corrected chi connectivity index (χ0v) is 8.28. The van der Waals surface area contributed by atoms with Gasteiger partial charge in [-0.25, -0.2) is 0 Å². The van der Waals surface area contributed by atoms with Crippen LogP contribution in [0.2, 0.25) is 5.21 Å². The molecule has 0 aliphatic heterocycles. The fourth-order valence-corrected chi connectivity index (χ4v) is 1.53. The van der Waals surface area contributed by atoms with Crippen LogP contribution in [0.15, 0.2) is 0 Å². The lowest BCUT2D eigenvalue weighted by molar-refractivity contribution is 0.965. The Kier molecular flexibility index (Phi) is 3.89. The molecule has 0 amide bonds. The van der Waals surface area contributed by atoms with Gasteiger partial charge >= 0.3 is 0 Å². The summed E-state index contributed by atoms with van der Waals surface area (Å²) >= 11 is 0. The standard InChI is InChI=1S/C6H17B2P/c1-5(2)9-8-6(3,4)7/h5,8-9H,7H2,1-4H3. The molecular formula is C6H17B2P. The van der Waals surface area contributed by atoms with Crippen molar-refractivity contribution < 1.29 is 0 Å². The summed E-state index contributed by atoms with van der Waals surface area (Å²) in [6, 6.07) is 0. The van der Waals surface area contributed by atoms with E-state index in [2.05, 4.69) is 35.5 Å². The van der Waals surface area contributed by atoms with E-state index in [1.54, 1.807) is 0 Å². The van der Waals surface area contributed by atoms with E-state index in [1.807, 2.05) is 0 Å². The molecule has 0 radical (unpaired) electrons. The summed E-state index contributed by atoms with van der Waals surface area (Å²) in [5.74, 6) is 0. The highest BCUT2D eigenvalue weighted by atomic mass is 31.1. The van der Waals surface area contributed by atoms with Gasteiger partial charge in [0.2, 0.25) is 0 Å². The van der Waals surface area contributed by atoms with Crippen LogP contribution in [0, 0.1) is 0 Å². The lowest BCUT2D eigenvalue weighted by Gasteiger charge is -2.17. The molecule has 0 saturated carbocycles. The molecule has 0 aromatic carbocycles. The average Bonchev–Trinajstić information content (AvgIpc) is 1.59. The van der Waals surface area contributed by atoms with E-state index in [1.165, 1.54) is 7.00 Å². The molecule has 0 aliphatic carbocycles. The third kappa shape index (κ3) is 8.56. The predicted molar refractivity (Wildman–Crippen MR) is 53.2 cm³/mol. The van der Waals surface area contributed by atoms with Crippen LogP contribution >= 0.6 is 8.46 Å². The molecule has 9 heavy (non-hydrogen) atoms. The fraction of sp³-hybridized carbons (Fsp3) is 1.00. The minimum atomic E-state index is 0.544. The summed E-state index contributed by atoms with van der Waals surface area (Å²) in [4.78, 5) is 0. The normalized spacial score (nSPS) is 13.4. The summed E-state index contributed by atoms with van der Waals surface area (Å²) in [5.41, 5.74) is 0.893. The second-order valence-electron chi connectivity index (χ2n) is 4.10. The summed E-state index contributed by atoms with van der Waals surface area (Å²) < 4.78 is 0. The minimum Gasteiger partial charge on any atom is -0.157 e. The highest BCUT2D eigenvalue weighted by molar-refractivity contribution is 7.72. The Morgan fingerprint density at radius 1 is 1.44 bits per heavy atom. The molecule has 0 aromatic rings. The van der Waals surface area contributed by atoms with E-state index in [0.29, 0.717) is 5.21 Å². The maximum atomic E-state index is 2.31. The maximum absolute atomic E-state index is 2.31. The maximum Gasteiger partial charge on any atom is 0.146 e. The van der Waals surface area contributed by atoms with E-state index in [0.717, 1.165) is 14.1 Å². The number of rotatable bonds is 3. The van der Waals surface area contributed by atoms with Crippen LogP contribution in [-0.4, -0.2) is 20.5 Å². The van der Waals surface area contributed by atoms with Gasteiger partial charge in [-0.3, -0.25) is 0 Å². The molecule has 0 N–H and O–H groups in total. The molecule has 0 fully saturated rings. The number of hydrogen-bond acceptors (Lipinski definition) is 0. The van der Waals surface area contributed by atoms with Crippen molar-refractivity contribution in [1.82, 2.24) is 0 Å². The number of hydrogen-bond donors (Lipinski definition) is 0. The molecular weight excluding hydrogens is 125 g/mol. The van der Waals surface area contributed by atoms with Crippen LogP contribution in [0.5, 0.6) is 0 Å². The first-order chi connectivity index (χ1) is 3.92. The second-order valence-corrected chi connectivity index (χ2v) is 6.01. The molecule has 3 heteroatoms. The van der Waals surface area contributed by atoms with Gasteiger partial charge in [0.05, 0.1) is 7.85 Å². The molecule has 0 rings (SSSR count). The Bertz CT molecular complexity index is 75.6. The molecule has 0 bridgehead atoms. The Balaban J connectivity index is 3.28. The molecule has 1 atom stereocenters. The van der Waals surface area contributed by atoms with Gasteiger partial charge in [0, 0.05) is 0 Å². The van der Waals surface area contributed by atoms with Gasteiger partial charge in [-0.15, -0.1) is 0 Å². The Labute approximate surface area is 62.6 Å². The van der Waals surface area contributed by atoms with Gasteiger partial charge in [0.25, 0.3) is 0 Å². The van der Waals surface area contributed by atoms with Crippen molar-refractivity contribution in [3.05, 3.63) is 0 Å². The highest BCUT2D eigenvalue weighted by Gasteiger charge is 2.12. The summed E-state index contributed by atoms with van der Waals surface area (Å²) in [6.07, 6.45) is 0. The zero-order valence-electron chi connectivity index (χ0n) is 7.28. The van der Waals surface area contributed by atoms with Gasteiger partial charge in [-0.2, -0.15) is 8.46 Å². The SMILES string of the molecule is BC(C)(C)BPC(C)C. The topological polar surface area (TPSA) is 0 Å². The molecule has 0 heterocycles. The molecule has 52 valence electrons. The van der Waals surface area contributed by atoms with Crippen LogP contribution in [-0.2, 0) is 0 Å². The minimum absolute atomic E-state index is 0.544. The van der Waals surface area contributed by atoms with Crippen molar-refractivity contribution >= 4 is 23.3 Å². The molecule has 0 nitrogen and oxygen atoms in total. The lowest BCUT2D eigenvalue weighted by atomic mass is 9.56. The van der Waals surface area contributed by atoms with Gasteiger partial charge < -0.3 is 0 Å². The zero-order chi connectivity index (χ0) is 7.49. The van der Waals surface area contributed by atoms with Crippen molar-refractivity contribution in [2.24, 2.45) is 0 Å². The average molecular weight is 142 g/mol. The lowest BCUT2D eigenvalue weighted by Crippen LogP contribution is -2.09. The second kappa shape index (κ2) is 3.66. The van der Waals surface area contributed by atoms with Crippen molar-refractivity contribution in [1.29, 1.82) is 0 Å². The third-order valence-electron chi connectivity index (χ3n) is 1.04.